The normalized spacial score (nSPS) is 12.2. The molecule has 0 bridgehead atoms. The summed E-state index contributed by atoms with van der Waals surface area (Å²) in [5.41, 5.74) is 5.79. The van der Waals surface area contributed by atoms with Crippen molar-refractivity contribution in [2.45, 2.75) is 19.4 Å². The van der Waals surface area contributed by atoms with Crippen LogP contribution in [0.5, 0.6) is 5.75 Å². The number of benzene rings is 2. The second kappa shape index (κ2) is 6.50. The number of halogens is 1. The van der Waals surface area contributed by atoms with Gasteiger partial charge in [-0.2, -0.15) is 0 Å². The topological polar surface area (TPSA) is 47.3 Å². The summed E-state index contributed by atoms with van der Waals surface area (Å²) in [5.74, 6) is 6.25. The van der Waals surface area contributed by atoms with Gasteiger partial charge >= 0.3 is 0 Å². The Morgan fingerprint density at radius 1 is 1.25 bits per heavy atom. The first-order valence-corrected chi connectivity index (χ1v) is 6.49. The van der Waals surface area contributed by atoms with Crippen LogP contribution >= 0.6 is 0 Å². The molecule has 0 radical (unpaired) electrons. The SMILES string of the molecule is COc1ccc(C(Cc2cccc(F)c2)NN)cc1C. The van der Waals surface area contributed by atoms with E-state index in [1.807, 2.05) is 31.2 Å². The molecular formula is C16H19FN2O. The zero-order valence-corrected chi connectivity index (χ0v) is 11.7. The molecule has 2 rings (SSSR count). The summed E-state index contributed by atoms with van der Waals surface area (Å²) in [4.78, 5) is 0. The first-order valence-electron chi connectivity index (χ1n) is 6.49. The van der Waals surface area contributed by atoms with Crippen LogP contribution in [-0.2, 0) is 6.42 Å². The molecule has 0 saturated heterocycles. The minimum Gasteiger partial charge on any atom is -0.496 e. The van der Waals surface area contributed by atoms with Crippen LogP contribution in [0.15, 0.2) is 42.5 Å². The van der Waals surface area contributed by atoms with Gasteiger partial charge in [0.15, 0.2) is 0 Å². The van der Waals surface area contributed by atoms with Crippen LogP contribution in [-0.4, -0.2) is 7.11 Å². The third-order valence-corrected chi connectivity index (χ3v) is 3.35. The lowest BCUT2D eigenvalue weighted by atomic mass is 9.97. The molecule has 0 aliphatic heterocycles. The van der Waals surface area contributed by atoms with Gasteiger partial charge in [0.05, 0.1) is 7.11 Å². The lowest BCUT2D eigenvalue weighted by Gasteiger charge is -2.18. The maximum Gasteiger partial charge on any atom is 0.123 e. The molecule has 3 N–H and O–H groups in total. The van der Waals surface area contributed by atoms with Crippen LogP contribution in [0.1, 0.15) is 22.7 Å². The van der Waals surface area contributed by atoms with Gasteiger partial charge in [-0.05, 0) is 48.2 Å². The molecule has 0 heterocycles. The molecule has 0 saturated carbocycles. The highest BCUT2D eigenvalue weighted by molar-refractivity contribution is 5.38. The van der Waals surface area contributed by atoms with Crippen molar-refractivity contribution in [3.05, 3.63) is 65.0 Å². The van der Waals surface area contributed by atoms with E-state index in [-0.39, 0.29) is 11.9 Å². The lowest BCUT2D eigenvalue weighted by Crippen LogP contribution is -2.29. The Morgan fingerprint density at radius 2 is 2.05 bits per heavy atom. The Hall–Kier alpha value is -1.91. The average Bonchev–Trinajstić information content (AvgIpc) is 2.44. The Balaban J connectivity index is 2.22. The van der Waals surface area contributed by atoms with E-state index in [0.717, 1.165) is 22.4 Å². The molecule has 2 aromatic rings. The Kier molecular flexibility index (Phi) is 4.71. The van der Waals surface area contributed by atoms with Gasteiger partial charge < -0.3 is 4.74 Å². The predicted molar refractivity (Wildman–Crippen MR) is 77.9 cm³/mol. The summed E-state index contributed by atoms with van der Waals surface area (Å²) in [5, 5.41) is 0. The molecule has 2 aromatic carbocycles. The lowest BCUT2D eigenvalue weighted by molar-refractivity contribution is 0.411. The smallest absolute Gasteiger partial charge is 0.123 e. The fourth-order valence-corrected chi connectivity index (χ4v) is 2.29. The van der Waals surface area contributed by atoms with Gasteiger partial charge in [0, 0.05) is 6.04 Å². The highest BCUT2D eigenvalue weighted by Crippen LogP contribution is 2.24. The molecule has 0 aliphatic rings. The summed E-state index contributed by atoms with van der Waals surface area (Å²) >= 11 is 0. The number of hydrazine groups is 1. The van der Waals surface area contributed by atoms with Crippen LogP contribution in [0.4, 0.5) is 4.39 Å². The number of nitrogens with one attached hydrogen (secondary N) is 1. The highest BCUT2D eigenvalue weighted by Gasteiger charge is 2.12. The maximum atomic E-state index is 13.2. The molecule has 0 fully saturated rings. The van der Waals surface area contributed by atoms with E-state index < -0.39 is 0 Å². The van der Waals surface area contributed by atoms with E-state index in [1.54, 1.807) is 13.2 Å². The molecule has 0 amide bonds. The molecule has 1 unspecified atom stereocenters. The van der Waals surface area contributed by atoms with Crippen molar-refractivity contribution in [2.75, 3.05) is 7.11 Å². The third-order valence-electron chi connectivity index (χ3n) is 3.35. The van der Waals surface area contributed by atoms with Gasteiger partial charge in [-0.1, -0.05) is 24.3 Å². The largest absolute Gasteiger partial charge is 0.496 e. The van der Waals surface area contributed by atoms with Gasteiger partial charge in [-0.25, -0.2) is 4.39 Å². The molecule has 3 nitrogen and oxygen atoms in total. The fourth-order valence-electron chi connectivity index (χ4n) is 2.29. The first-order chi connectivity index (χ1) is 9.63. The number of hydrogen-bond acceptors (Lipinski definition) is 3. The van der Waals surface area contributed by atoms with Crippen molar-refractivity contribution in [1.82, 2.24) is 5.43 Å². The standard InChI is InChI=1S/C16H19FN2O/c1-11-8-13(6-7-16(11)20-2)15(19-18)10-12-4-3-5-14(17)9-12/h3-9,15,19H,10,18H2,1-2H3. The summed E-state index contributed by atoms with van der Waals surface area (Å²) < 4.78 is 18.5. The van der Waals surface area contributed by atoms with Crippen molar-refractivity contribution < 1.29 is 9.13 Å². The van der Waals surface area contributed by atoms with E-state index in [9.17, 15) is 4.39 Å². The van der Waals surface area contributed by atoms with E-state index in [0.29, 0.717) is 6.42 Å². The van der Waals surface area contributed by atoms with Gasteiger partial charge in [0.1, 0.15) is 11.6 Å². The minimum absolute atomic E-state index is 0.0681. The van der Waals surface area contributed by atoms with Crippen LogP contribution in [0.3, 0.4) is 0 Å². The predicted octanol–water partition coefficient (Wildman–Crippen LogP) is 2.89. The number of nitrogens with two attached hydrogens (primary N) is 1. The zero-order chi connectivity index (χ0) is 14.5. The quantitative estimate of drug-likeness (QED) is 0.651. The molecule has 0 aromatic heterocycles. The highest BCUT2D eigenvalue weighted by atomic mass is 19.1. The number of methoxy groups -OCH3 is 1. The van der Waals surface area contributed by atoms with Gasteiger partial charge in [0.25, 0.3) is 0 Å². The van der Waals surface area contributed by atoms with Crippen molar-refractivity contribution in [2.24, 2.45) is 5.84 Å². The average molecular weight is 274 g/mol. The van der Waals surface area contributed by atoms with Crippen LogP contribution < -0.4 is 16.0 Å². The second-order valence-corrected chi connectivity index (χ2v) is 4.78. The summed E-state index contributed by atoms with van der Waals surface area (Å²) in [6.45, 7) is 1.98. The Labute approximate surface area is 118 Å². The molecule has 0 aliphatic carbocycles. The minimum atomic E-state index is -0.232. The molecule has 20 heavy (non-hydrogen) atoms. The fraction of sp³-hybridized carbons (Fsp3) is 0.250. The van der Waals surface area contributed by atoms with Gasteiger partial charge in [-0.15, -0.1) is 0 Å². The van der Waals surface area contributed by atoms with E-state index >= 15 is 0 Å². The Bertz CT molecular complexity index is 586. The number of ether oxygens (including phenoxy) is 1. The summed E-state index contributed by atoms with van der Waals surface area (Å²) in [6.07, 6.45) is 0.625. The van der Waals surface area contributed by atoms with Crippen molar-refractivity contribution in [3.63, 3.8) is 0 Å². The molecular weight excluding hydrogens is 255 g/mol. The van der Waals surface area contributed by atoms with Gasteiger partial charge in [0.2, 0.25) is 0 Å². The van der Waals surface area contributed by atoms with E-state index in [1.165, 1.54) is 12.1 Å². The molecule has 106 valence electrons. The monoisotopic (exact) mass is 274 g/mol. The van der Waals surface area contributed by atoms with Crippen molar-refractivity contribution in [1.29, 1.82) is 0 Å². The third kappa shape index (κ3) is 3.35. The van der Waals surface area contributed by atoms with Crippen LogP contribution in [0, 0.1) is 12.7 Å². The van der Waals surface area contributed by atoms with Crippen LogP contribution in [0.2, 0.25) is 0 Å². The molecule has 4 heteroatoms. The first kappa shape index (κ1) is 14.5. The summed E-state index contributed by atoms with van der Waals surface area (Å²) in [7, 11) is 1.65. The van der Waals surface area contributed by atoms with E-state index in [4.69, 9.17) is 10.6 Å². The second-order valence-electron chi connectivity index (χ2n) is 4.78. The molecule has 0 spiro atoms. The number of aryl methyl sites for hydroxylation is 1. The van der Waals surface area contributed by atoms with Crippen molar-refractivity contribution in [3.8, 4) is 5.75 Å². The zero-order valence-electron chi connectivity index (χ0n) is 11.7. The molecule has 1 atom stereocenters. The van der Waals surface area contributed by atoms with Crippen molar-refractivity contribution >= 4 is 0 Å². The van der Waals surface area contributed by atoms with Gasteiger partial charge in [-0.3, -0.25) is 11.3 Å². The Morgan fingerprint density at radius 3 is 2.65 bits per heavy atom. The number of rotatable bonds is 5. The van der Waals surface area contributed by atoms with Crippen LogP contribution in [0.25, 0.3) is 0 Å². The number of hydrogen-bond donors (Lipinski definition) is 2. The van der Waals surface area contributed by atoms with E-state index in [2.05, 4.69) is 5.43 Å². The summed E-state index contributed by atoms with van der Waals surface area (Å²) in [6, 6.07) is 12.4. The maximum absolute atomic E-state index is 13.2.